The van der Waals surface area contributed by atoms with E-state index >= 15 is 0 Å². The van der Waals surface area contributed by atoms with Gasteiger partial charge in [-0.3, -0.25) is 0 Å². The van der Waals surface area contributed by atoms with Crippen LogP contribution in [0.1, 0.15) is 28.3 Å². The molecule has 0 unspecified atom stereocenters. The number of aromatic nitrogens is 2. The van der Waals surface area contributed by atoms with E-state index in [4.69, 9.17) is 4.42 Å². The maximum absolute atomic E-state index is 6.03. The van der Waals surface area contributed by atoms with Crippen LogP contribution in [0.15, 0.2) is 54.0 Å². The summed E-state index contributed by atoms with van der Waals surface area (Å²) in [5.41, 5.74) is 3.24. The van der Waals surface area contributed by atoms with E-state index in [-0.39, 0.29) is 0 Å². The highest BCUT2D eigenvalue weighted by Gasteiger charge is 2.18. The van der Waals surface area contributed by atoms with E-state index in [1.54, 1.807) is 34.8 Å². The summed E-state index contributed by atoms with van der Waals surface area (Å²) in [6.45, 7) is 9.75. The highest BCUT2D eigenvalue weighted by molar-refractivity contribution is 7.19. The number of allylic oxidation sites excluding steroid dienone is 1. The van der Waals surface area contributed by atoms with E-state index in [0.717, 1.165) is 32.7 Å². The summed E-state index contributed by atoms with van der Waals surface area (Å²) in [6, 6.07) is 12.4. The number of hydrogen-bond donors (Lipinski definition) is 0. The van der Waals surface area contributed by atoms with Crippen molar-refractivity contribution in [3.63, 3.8) is 0 Å². The molecular weight excluding hydrogens is 372 g/mol. The van der Waals surface area contributed by atoms with Crippen LogP contribution in [0.4, 0.5) is 0 Å². The Morgan fingerprint density at radius 3 is 2.63 bits per heavy atom. The summed E-state index contributed by atoms with van der Waals surface area (Å²) in [7, 11) is 2.10. The molecule has 0 aliphatic rings. The van der Waals surface area contributed by atoms with Gasteiger partial charge in [0.2, 0.25) is 5.52 Å². The third kappa shape index (κ3) is 3.20. The largest absolute Gasteiger partial charge is 0.454 e. The van der Waals surface area contributed by atoms with Gasteiger partial charge in [-0.15, -0.1) is 11.3 Å². The number of nitrogens with zero attached hydrogens (tertiary/aromatic N) is 2. The predicted molar refractivity (Wildman–Crippen MR) is 117 cm³/mol. The molecule has 4 rings (SSSR count). The average Bonchev–Trinajstić information content (AvgIpc) is 3.38. The van der Waals surface area contributed by atoms with Crippen molar-refractivity contribution in [3.05, 3.63) is 70.9 Å². The van der Waals surface area contributed by atoms with Gasteiger partial charge < -0.3 is 4.42 Å². The van der Waals surface area contributed by atoms with Gasteiger partial charge in [0.1, 0.15) is 17.5 Å². The molecule has 0 fully saturated rings. The van der Waals surface area contributed by atoms with Crippen LogP contribution in [0.5, 0.6) is 0 Å². The molecule has 27 heavy (non-hydrogen) atoms. The lowest BCUT2D eigenvalue weighted by molar-refractivity contribution is -0.642. The molecule has 3 aromatic heterocycles. The Hall–Kier alpha value is -2.76. The van der Waals surface area contributed by atoms with Gasteiger partial charge in [0.15, 0.2) is 10.8 Å². The highest BCUT2D eigenvalue weighted by atomic mass is 32.1. The summed E-state index contributed by atoms with van der Waals surface area (Å²) in [5.74, 6) is 1.58. The molecule has 0 atom stereocenters. The SMILES string of the molecule is C=Cc1nc(-c2ccc(/C=C(\C)c3sc4ccccc4[n+]3C)o2)sc1C=C. The number of benzene rings is 1. The molecule has 3 nitrogen and oxygen atoms in total. The molecule has 4 aromatic rings. The first-order chi connectivity index (χ1) is 13.1. The molecule has 0 amide bonds. The lowest BCUT2D eigenvalue weighted by atomic mass is 10.2. The smallest absolute Gasteiger partial charge is 0.265 e. The third-order valence-electron chi connectivity index (χ3n) is 4.33. The van der Waals surface area contributed by atoms with Gasteiger partial charge in [0, 0.05) is 11.6 Å². The van der Waals surface area contributed by atoms with Crippen molar-refractivity contribution in [3.8, 4) is 10.8 Å². The summed E-state index contributed by atoms with van der Waals surface area (Å²) in [6.07, 6.45) is 5.62. The molecule has 0 radical (unpaired) electrons. The van der Waals surface area contributed by atoms with Gasteiger partial charge >= 0.3 is 0 Å². The molecule has 0 bridgehead atoms. The van der Waals surface area contributed by atoms with Crippen LogP contribution in [0.2, 0.25) is 0 Å². The second kappa shape index (κ2) is 7.10. The Morgan fingerprint density at radius 1 is 1.11 bits per heavy atom. The van der Waals surface area contributed by atoms with Crippen LogP contribution >= 0.6 is 22.7 Å². The van der Waals surface area contributed by atoms with Crippen molar-refractivity contribution in [2.75, 3.05) is 0 Å². The van der Waals surface area contributed by atoms with Crippen molar-refractivity contribution in [2.45, 2.75) is 6.92 Å². The number of para-hydroxylation sites is 1. The van der Waals surface area contributed by atoms with Crippen LogP contribution in [-0.4, -0.2) is 4.98 Å². The Labute approximate surface area is 166 Å². The normalized spacial score (nSPS) is 11.9. The standard InChI is InChI=1S/C22H19N2OS2/c1-5-16-19(6-2)26-21(23-16)18-12-11-15(25-18)13-14(3)22-24(4)17-9-7-8-10-20(17)27-22/h5-13H,1-2H2,3-4H3/q+1/b14-13+. The molecule has 0 saturated heterocycles. The predicted octanol–water partition coefficient (Wildman–Crippen LogP) is 6.29. The lowest BCUT2D eigenvalue weighted by Crippen LogP contribution is -2.29. The van der Waals surface area contributed by atoms with E-state index < -0.39 is 0 Å². The summed E-state index contributed by atoms with van der Waals surface area (Å²) in [5, 5.41) is 2.05. The lowest BCUT2D eigenvalue weighted by Gasteiger charge is -1.94. The van der Waals surface area contributed by atoms with E-state index in [9.17, 15) is 0 Å². The maximum Gasteiger partial charge on any atom is 0.265 e. The van der Waals surface area contributed by atoms with Gasteiger partial charge in [-0.1, -0.05) is 36.6 Å². The second-order valence-electron chi connectivity index (χ2n) is 6.14. The number of furan rings is 1. The average molecular weight is 392 g/mol. The van der Waals surface area contributed by atoms with Crippen molar-refractivity contribution in [2.24, 2.45) is 7.05 Å². The zero-order valence-corrected chi connectivity index (χ0v) is 16.9. The maximum atomic E-state index is 6.03. The van der Waals surface area contributed by atoms with E-state index in [1.165, 1.54) is 15.2 Å². The van der Waals surface area contributed by atoms with Gasteiger partial charge in [0.05, 0.1) is 10.6 Å². The van der Waals surface area contributed by atoms with Crippen molar-refractivity contribution >= 4 is 56.7 Å². The highest BCUT2D eigenvalue weighted by Crippen LogP contribution is 2.32. The number of rotatable bonds is 5. The third-order valence-corrected chi connectivity index (χ3v) is 6.77. The fraction of sp³-hybridized carbons (Fsp3) is 0.0909. The quantitative estimate of drug-likeness (QED) is 0.374. The van der Waals surface area contributed by atoms with Crippen molar-refractivity contribution < 1.29 is 8.98 Å². The van der Waals surface area contributed by atoms with E-state index in [1.807, 2.05) is 12.1 Å². The molecule has 3 heterocycles. The number of hydrogen-bond acceptors (Lipinski definition) is 4. The second-order valence-corrected chi connectivity index (χ2v) is 8.20. The monoisotopic (exact) mass is 391 g/mol. The summed E-state index contributed by atoms with van der Waals surface area (Å²) >= 11 is 3.34. The van der Waals surface area contributed by atoms with Crippen LogP contribution < -0.4 is 4.57 Å². The van der Waals surface area contributed by atoms with Crippen LogP contribution in [0, 0.1) is 0 Å². The minimum Gasteiger partial charge on any atom is -0.454 e. The Morgan fingerprint density at radius 2 is 1.93 bits per heavy atom. The van der Waals surface area contributed by atoms with Gasteiger partial charge in [-0.2, -0.15) is 4.57 Å². The fourth-order valence-corrected chi connectivity index (χ4v) is 5.01. The van der Waals surface area contributed by atoms with Gasteiger partial charge in [-0.25, -0.2) is 4.98 Å². The Balaban J connectivity index is 1.68. The topological polar surface area (TPSA) is 29.9 Å². The fourth-order valence-electron chi connectivity index (χ4n) is 3.01. The zero-order chi connectivity index (χ0) is 19.0. The minimum atomic E-state index is 0.760. The summed E-state index contributed by atoms with van der Waals surface area (Å²) < 4.78 is 9.53. The molecule has 0 N–H and O–H groups in total. The molecule has 1 aromatic carbocycles. The Kier molecular flexibility index (Phi) is 4.64. The van der Waals surface area contributed by atoms with Crippen molar-refractivity contribution in [1.29, 1.82) is 0 Å². The summed E-state index contributed by atoms with van der Waals surface area (Å²) in [4.78, 5) is 5.58. The first-order valence-corrected chi connectivity index (χ1v) is 10.2. The molecule has 5 heteroatoms. The number of aryl methyl sites for hydroxylation is 1. The van der Waals surface area contributed by atoms with Crippen LogP contribution in [0.3, 0.4) is 0 Å². The molecule has 0 spiro atoms. The first-order valence-electron chi connectivity index (χ1n) is 8.53. The minimum absolute atomic E-state index is 0.760. The molecule has 134 valence electrons. The number of thiazole rings is 2. The molecule has 0 aliphatic carbocycles. The zero-order valence-electron chi connectivity index (χ0n) is 15.2. The van der Waals surface area contributed by atoms with Crippen LogP contribution in [-0.2, 0) is 7.05 Å². The first kappa shape index (κ1) is 17.6. The molecule has 0 aliphatic heterocycles. The van der Waals surface area contributed by atoms with Gasteiger partial charge in [0.25, 0.3) is 5.01 Å². The number of fused-ring (bicyclic) bond motifs is 1. The molecule has 0 saturated carbocycles. The van der Waals surface area contributed by atoms with Gasteiger partial charge in [-0.05, 0) is 43.4 Å². The van der Waals surface area contributed by atoms with Crippen molar-refractivity contribution in [1.82, 2.24) is 4.98 Å². The van der Waals surface area contributed by atoms with E-state index in [2.05, 4.69) is 67.0 Å². The van der Waals surface area contributed by atoms with Crippen LogP contribution in [0.25, 0.3) is 44.8 Å². The Bertz CT molecular complexity index is 1160. The molecular formula is C22H19N2OS2+. The van der Waals surface area contributed by atoms with E-state index in [0.29, 0.717) is 0 Å².